The average molecular weight is 305 g/mol. The van der Waals surface area contributed by atoms with Crippen LogP contribution >= 0.6 is 11.3 Å². The van der Waals surface area contributed by atoms with Crippen molar-refractivity contribution in [3.8, 4) is 11.5 Å². The van der Waals surface area contributed by atoms with Crippen LogP contribution in [0, 0.1) is 13.8 Å². The maximum Gasteiger partial charge on any atom is 0.134 e. The molecule has 1 atom stereocenters. The molecule has 1 N–H and O–H groups in total. The van der Waals surface area contributed by atoms with E-state index in [0.29, 0.717) is 0 Å². The van der Waals surface area contributed by atoms with Crippen molar-refractivity contribution in [3.63, 3.8) is 0 Å². The normalized spacial score (nSPS) is 12.2. The highest BCUT2D eigenvalue weighted by atomic mass is 32.1. The van der Waals surface area contributed by atoms with Gasteiger partial charge in [0.2, 0.25) is 0 Å². The van der Waals surface area contributed by atoms with Crippen LogP contribution in [0.5, 0.6) is 11.5 Å². The third-order valence-electron chi connectivity index (χ3n) is 3.64. The number of aryl methyl sites for hydroxylation is 2. The van der Waals surface area contributed by atoms with E-state index in [1.807, 2.05) is 6.07 Å². The van der Waals surface area contributed by atoms with E-state index >= 15 is 0 Å². The third-order valence-corrected chi connectivity index (χ3v) is 4.61. The van der Waals surface area contributed by atoms with Crippen LogP contribution in [0.2, 0.25) is 0 Å². The highest BCUT2D eigenvalue weighted by Gasteiger charge is 2.21. The first-order chi connectivity index (χ1) is 10.1. The van der Waals surface area contributed by atoms with Crippen molar-refractivity contribution < 1.29 is 9.47 Å². The Balaban J connectivity index is 2.50. The molecular formula is C17H23NO2S. The Morgan fingerprint density at radius 1 is 1.10 bits per heavy atom. The number of methoxy groups -OCH3 is 2. The van der Waals surface area contributed by atoms with Crippen molar-refractivity contribution in [2.24, 2.45) is 0 Å². The molecule has 1 aromatic heterocycles. The largest absolute Gasteiger partial charge is 0.496 e. The summed E-state index contributed by atoms with van der Waals surface area (Å²) in [4.78, 5) is 1.21. The zero-order valence-corrected chi connectivity index (χ0v) is 14.1. The van der Waals surface area contributed by atoms with E-state index in [0.717, 1.165) is 23.6 Å². The van der Waals surface area contributed by atoms with Gasteiger partial charge in [-0.1, -0.05) is 13.0 Å². The lowest BCUT2D eigenvalue weighted by Gasteiger charge is -2.22. The molecule has 3 nitrogen and oxygen atoms in total. The van der Waals surface area contributed by atoms with Gasteiger partial charge in [0.1, 0.15) is 11.5 Å². The molecule has 0 bridgehead atoms. The van der Waals surface area contributed by atoms with E-state index in [1.165, 1.54) is 16.0 Å². The SMILES string of the molecule is CCNC(c1cc(C)c(OC)cc1C)c1sccc1OC. The van der Waals surface area contributed by atoms with E-state index in [2.05, 4.69) is 43.6 Å². The second kappa shape index (κ2) is 6.96. The van der Waals surface area contributed by atoms with Gasteiger partial charge >= 0.3 is 0 Å². The summed E-state index contributed by atoms with van der Waals surface area (Å²) in [6, 6.07) is 6.49. The van der Waals surface area contributed by atoms with Gasteiger partial charge in [-0.3, -0.25) is 0 Å². The predicted molar refractivity (Wildman–Crippen MR) is 88.9 cm³/mol. The Bertz CT molecular complexity index is 607. The fraction of sp³-hybridized carbons (Fsp3) is 0.412. The minimum atomic E-state index is 0.148. The molecule has 0 radical (unpaired) electrons. The molecule has 2 aromatic rings. The Kier molecular flexibility index (Phi) is 5.26. The quantitative estimate of drug-likeness (QED) is 0.872. The molecule has 0 aliphatic rings. The lowest BCUT2D eigenvalue weighted by Crippen LogP contribution is -2.22. The smallest absolute Gasteiger partial charge is 0.134 e. The summed E-state index contributed by atoms with van der Waals surface area (Å²) in [5, 5.41) is 5.64. The van der Waals surface area contributed by atoms with Crippen molar-refractivity contribution in [3.05, 3.63) is 45.1 Å². The van der Waals surface area contributed by atoms with Gasteiger partial charge in [0.05, 0.1) is 25.1 Å². The van der Waals surface area contributed by atoms with Crippen molar-refractivity contribution in [2.75, 3.05) is 20.8 Å². The summed E-state index contributed by atoms with van der Waals surface area (Å²) in [7, 11) is 3.44. The van der Waals surface area contributed by atoms with Crippen molar-refractivity contribution in [1.29, 1.82) is 0 Å². The van der Waals surface area contributed by atoms with Crippen LogP contribution in [-0.2, 0) is 0 Å². The number of nitrogens with one attached hydrogen (secondary N) is 1. The molecule has 0 aliphatic carbocycles. The Morgan fingerprint density at radius 2 is 1.81 bits per heavy atom. The molecule has 114 valence electrons. The fourth-order valence-electron chi connectivity index (χ4n) is 2.58. The molecule has 1 heterocycles. The number of rotatable bonds is 6. The zero-order valence-electron chi connectivity index (χ0n) is 13.3. The van der Waals surface area contributed by atoms with Crippen LogP contribution in [0.15, 0.2) is 23.6 Å². The van der Waals surface area contributed by atoms with Crippen molar-refractivity contribution in [1.82, 2.24) is 5.32 Å². The van der Waals surface area contributed by atoms with Crippen LogP contribution < -0.4 is 14.8 Å². The fourth-order valence-corrected chi connectivity index (χ4v) is 3.53. The van der Waals surface area contributed by atoms with E-state index in [4.69, 9.17) is 9.47 Å². The molecule has 1 unspecified atom stereocenters. The Morgan fingerprint density at radius 3 is 2.43 bits per heavy atom. The molecule has 1 aromatic carbocycles. The molecule has 0 saturated carbocycles. The second-order valence-electron chi connectivity index (χ2n) is 5.02. The first kappa shape index (κ1) is 15.9. The van der Waals surface area contributed by atoms with Crippen molar-refractivity contribution >= 4 is 11.3 Å². The summed E-state index contributed by atoms with van der Waals surface area (Å²) in [6.07, 6.45) is 0. The molecule has 21 heavy (non-hydrogen) atoms. The maximum absolute atomic E-state index is 5.49. The third kappa shape index (κ3) is 3.22. The topological polar surface area (TPSA) is 30.5 Å². The van der Waals surface area contributed by atoms with Crippen LogP contribution in [-0.4, -0.2) is 20.8 Å². The van der Waals surface area contributed by atoms with Crippen molar-refractivity contribution in [2.45, 2.75) is 26.8 Å². The lowest BCUT2D eigenvalue weighted by molar-refractivity contribution is 0.406. The van der Waals surface area contributed by atoms with Crippen LogP contribution in [0.25, 0.3) is 0 Å². The number of ether oxygens (including phenoxy) is 2. The van der Waals surface area contributed by atoms with Gasteiger partial charge in [0, 0.05) is 0 Å². The highest BCUT2D eigenvalue weighted by molar-refractivity contribution is 7.10. The number of thiophene rings is 1. The molecule has 4 heteroatoms. The molecule has 0 amide bonds. The summed E-state index contributed by atoms with van der Waals surface area (Å²) in [5.74, 6) is 1.88. The first-order valence-electron chi connectivity index (χ1n) is 7.12. The van der Waals surface area contributed by atoms with Crippen LogP contribution in [0.1, 0.15) is 34.5 Å². The van der Waals surface area contributed by atoms with Crippen LogP contribution in [0.4, 0.5) is 0 Å². The van der Waals surface area contributed by atoms with Gasteiger partial charge in [-0.25, -0.2) is 0 Å². The minimum absolute atomic E-state index is 0.148. The predicted octanol–water partition coefficient (Wildman–Crippen LogP) is 4.08. The van der Waals surface area contributed by atoms with Crippen LogP contribution in [0.3, 0.4) is 0 Å². The van der Waals surface area contributed by atoms with E-state index in [9.17, 15) is 0 Å². The molecule has 2 rings (SSSR count). The maximum atomic E-state index is 5.49. The Labute approximate surface area is 130 Å². The number of hydrogen-bond acceptors (Lipinski definition) is 4. The minimum Gasteiger partial charge on any atom is -0.496 e. The lowest BCUT2D eigenvalue weighted by atomic mass is 9.96. The average Bonchev–Trinajstić information content (AvgIpc) is 2.95. The Hall–Kier alpha value is -1.52. The van der Waals surface area contributed by atoms with Gasteiger partial charge in [-0.15, -0.1) is 11.3 Å². The number of benzene rings is 1. The molecule has 0 aliphatic heterocycles. The molecule has 0 fully saturated rings. The van der Waals surface area contributed by atoms with E-state index in [-0.39, 0.29) is 6.04 Å². The number of hydrogen-bond donors (Lipinski definition) is 1. The molecule has 0 spiro atoms. The highest BCUT2D eigenvalue weighted by Crippen LogP contribution is 2.37. The molecular weight excluding hydrogens is 282 g/mol. The first-order valence-corrected chi connectivity index (χ1v) is 8.00. The summed E-state index contributed by atoms with van der Waals surface area (Å²) in [5.41, 5.74) is 3.64. The van der Waals surface area contributed by atoms with Gasteiger partial charge in [0.25, 0.3) is 0 Å². The summed E-state index contributed by atoms with van der Waals surface area (Å²) >= 11 is 1.72. The van der Waals surface area contributed by atoms with E-state index < -0.39 is 0 Å². The van der Waals surface area contributed by atoms with Gasteiger partial charge in [-0.05, 0) is 54.6 Å². The standard InChI is InChI=1S/C17H23NO2S/c1-6-18-16(17-14(19-4)7-8-21-17)13-9-12(3)15(20-5)10-11(13)2/h7-10,16,18H,6H2,1-5H3. The zero-order chi connectivity index (χ0) is 15.4. The van der Waals surface area contributed by atoms with E-state index in [1.54, 1.807) is 25.6 Å². The van der Waals surface area contributed by atoms with Gasteiger partial charge in [0.15, 0.2) is 0 Å². The van der Waals surface area contributed by atoms with Gasteiger partial charge < -0.3 is 14.8 Å². The summed E-state index contributed by atoms with van der Waals surface area (Å²) in [6.45, 7) is 7.23. The molecule has 0 saturated heterocycles. The summed E-state index contributed by atoms with van der Waals surface area (Å²) < 4.78 is 10.9. The second-order valence-corrected chi connectivity index (χ2v) is 5.97. The monoisotopic (exact) mass is 305 g/mol. The van der Waals surface area contributed by atoms with Gasteiger partial charge in [-0.2, -0.15) is 0 Å².